The zero-order valence-electron chi connectivity index (χ0n) is 16.5. The van der Waals surface area contributed by atoms with Gasteiger partial charge >= 0.3 is 5.97 Å². The molecule has 3 rings (SSSR count). The number of fused-ring (bicyclic) bond motifs is 1. The van der Waals surface area contributed by atoms with Crippen LogP contribution in [0.4, 0.5) is 0 Å². The van der Waals surface area contributed by atoms with Crippen LogP contribution in [0.15, 0.2) is 40.5 Å². The minimum Gasteiger partial charge on any atom is -0.484 e. The number of esters is 1. The maximum Gasteiger partial charge on any atom is 0.338 e. The van der Waals surface area contributed by atoms with Crippen molar-refractivity contribution >= 4 is 34.7 Å². The minimum absolute atomic E-state index is 0.0791. The number of nitrogens with two attached hydrogens (primary N) is 1. The number of ether oxygens (including phenoxy) is 2. The van der Waals surface area contributed by atoms with Crippen molar-refractivity contribution in [3.63, 3.8) is 0 Å². The molecule has 2 N–H and O–H groups in total. The van der Waals surface area contributed by atoms with Gasteiger partial charge in [-0.15, -0.1) is 0 Å². The molecule has 1 aromatic rings. The van der Waals surface area contributed by atoms with Crippen molar-refractivity contribution in [3.05, 3.63) is 41.1 Å². The maximum absolute atomic E-state index is 13.0. The predicted octanol–water partition coefficient (Wildman–Crippen LogP) is 2.15. The van der Waals surface area contributed by atoms with Gasteiger partial charge in [0.15, 0.2) is 11.8 Å². The van der Waals surface area contributed by atoms with Crippen molar-refractivity contribution in [3.8, 4) is 5.75 Å². The van der Waals surface area contributed by atoms with Crippen molar-refractivity contribution in [1.29, 1.82) is 0 Å². The Bertz CT molecular complexity index is 894. The zero-order chi connectivity index (χ0) is 21.1. The summed E-state index contributed by atoms with van der Waals surface area (Å²) in [6.07, 6.45) is 0.666. The normalized spacial score (nSPS) is 21.0. The molecule has 0 saturated carbocycles. The van der Waals surface area contributed by atoms with E-state index in [1.54, 1.807) is 43.0 Å². The van der Waals surface area contributed by atoms with E-state index in [1.807, 2.05) is 6.92 Å². The first kappa shape index (κ1) is 20.9. The number of amidine groups is 1. The summed E-state index contributed by atoms with van der Waals surface area (Å²) in [5.74, 6) is -0.686. The number of allylic oxidation sites excluding steroid dienone is 1. The molecule has 1 saturated heterocycles. The number of carbonyl (C=O) groups excluding carboxylic acids is 3. The molecule has 9 heteroatoms. The van der Waals surface area contributed by atoms with E-state index in [9.17, 15) is 14.4 Å². The van der Waals surface area contributed by atoms with E-state index in [1.165, 1.54) is 11.8 Å². The Morgan fingerprint density at radius 2 is 1.93 bits per heavy atom. The molecule has 154 valence electrons. The number of benzene rings is 1. The molecule has 2 heterocycles. The lowest BCUT2D eigenvalue weighted by molar-refractivity contribution is -0.139. The third-order valence-electron chi connectivity index (χ3n) is 4.59. The second-order valence-electron chi connectivity index (χ2n) is 6.56. The topological polar surface area (TPSA) is 111 Å². The van der Waals surface area contributed by atoms with E-state index in [-0.39, 0.29) is 24.4 Å². The first-order valence-electron chi connectivity index (χ1n) is 9.34. The number of primary amides is 1. The highest BCUT2D eigenvalue weighted by molar-refractivity contribution is 8.15. The number of amides is 2. The van der Waals surface area contributed by atoms with Gasteiger partial charge in [0.25, 0.3) is 5.91 Å². The summed E-state index contributed by atoms with van der Waals surface area (Å²) >= 11 is 1.41. The standard InChI is InChI=1S/C20H23N3O5S/c1-4-14-18(25)23-17(12-6-8-13(9-7-12)28-10-15(21)24)16(19(26)27-5-2)11(3)22-20(23)29-14/h6-9,14,17H,4-5,10H2,1-3H3,(H2,21,24). The summed E-state index contributed by atoms with van der Waals surface area (Å²) in [5.41, 5.74) is 6.69. The van der Waals surface area contributed by atoms with E-state index in [2.05, 4.69) is 4.99 Å². The lowest BCUT2D eigenvalue weighted by Gasteiger charge is -2.33. The van der Waals surface area contributed by atoms with Crippen LogP contribution in [-0.2, 0) is 19.1 Å². The molecule has 2 atom stereocenters. The van der Waals surface area contributed by atoms with Gasteiger partial charge < -0.3 is 15.2 Å². The molecule has 8 nitrogen and oxygen atoms in total. The van der Waals surface area contributed by atoms with Crippen LogP contribution in [0.25, 0.3) is 0 Å². The van der Waals surface area contributed by atoms with Gasteiger partial charge in [-0.3, -0.25) is 14.5 Å². The number of hydrogen-bond acceptors (Lipinski definition) is 7. The molecule has 1 fully saturated rings. The Morgan fingerprint density at radius 1 is 1.24 bits per heavy atom. The Kier molecular flexibility index (Phi) is 6.26. The highest BCUT2D eigenvalue weighted by atomic mass is 32.2. The van der Waals surface area contributed by atoms with Gasteiger partial charge in [0.05, 0.1) is 29.2 Å². The number of thioether (sulfide) groups is 1. The van der Waals surface area contributed by atoms with Gasteiger partial charge in [-0.2, -0.15) is 0 Å². The summed E-state index contributed by atoms with van der Waals surface area (Å²) in [6.45, 7) is 5.42. The molecule has 0 aliphatic carbocycles. The van der Waals surface area contributed by atoms with E-state index in [0.29, 0.717) is 28.6 Å². The third kappa shape index (κ3) is 4.14. The number of carbonyl (C=O) groups is 3. The quantitative estimate of drug-likeness (QED) is 0.681. The summed E-state index contributed by atoms with van der Waals surface area (Å²) in [4.78, 5) is 42.7. The molecule has 0 radical (unpaired) electrons. The van der Waals surface area contributed by atoms with Crippen LogP contribution < -0.4 is 10.5 Å². The van der Waals surface area contributed by atoms with Crippen LogP contribution in [0, 0.1) is 0 Å². The molecule has 2 aliphatic rings. The molecule has 1 aromatic carbocycles. The highest BCUT2D eigenvalue weighted by Gasteiger charge is 2.47. The number of rotatable bonds is 7. The number of hydrogen-bond donors (Lipinski definition) is 1. The van der Waals surface area contributed by atoms with Crippen molar-refractivity contribution in [1.82, 2.24) is 4.90 Å². The first-order chi connectivity index (χ1) is 13.9. The Morgan fingerprint density at radius 3 is 2.52 bits per heavy atom. The Labute approximate surface area is 173 Å². The van der Waals surface area contributed by atoms with Gasteiger partial charge in [-0.05, 0) is 38.0 Å². The van der Waals surface area contributed by atoms with E-state index in [0.717, 1.165) is 5.56 Å². The van der Waals surface area contributed by atoms with Crippen LogP contribution in [0.5, 0.6) is 5.75 Å². The van der Waals surface area contributed by atoms with Crippen molar-refractivity contribution in [2.24, 2.45) is 10.7 Å². The largest absolute Gasteiger partial charge is 0.484 e. The predicted molar refractivity (Wildman–Crippen MR) is 109 cm³/mol. The Hall–Kier alpha value is -2.81. The molecule has 29 heavy (non-hydrogen) atoms. The summed E-state index contributed by atoms with van der Waals surface area (Å²) in [6, 6.07) is 6.23. The summed E-state index contributed by atoms with van der Waals surface area (Å²) < 4.78 is 10.5. The lowest BCUT2D eigenvalue weighted by Crippen LogP contribution is -2.40. The highest BCUT2D eigenvalue weighted by Crippen LogP contribution is 2.44. The van der Waals surface area contributed by atoms with Crippen LogP contribution >= 0.6 is 11.8 Å². The number of aliphatic imine (C=N–C) groups is 1. The van der Waals surface area contributed by atoms with Crippen LogP contribution in [0.3, 0.4) is 0 Å². The fraction of sp³-hybridized carbons (Fsp3) is 0.400. The van der Waals surface area contributed by atoms with E-state index < -0.39 is 17.9 Å². The molecule has 2 amide bonds. The fourth-order valence-electron chi connectivity index (χ4n) is 3.28. The SMILES string of the molecule is CCOC(=O)C1=C(C)N=C2SC(CC)C(=O)N2C1c1ccc(OCC(N)=O)cc1. The van der Waals surface area contributed by atoms with Crippen molar-refractivity contribution < 1.29 is 23.9 Å². The molecule has 0 aromatic heterocycles. The number of nitrogens with zero attached hydrogens (tertiary/aromatic N) is 2. The van der Waals surface area contributed by atoms with Gasteiger partial charge in [0.1, 0.15) is 5.75 Å². The maximum atomic E-state index is 13.0. The fourth-order valence-corrected chi connectivity index (χ4v) is 4.41. The zero-order valence-corrected chi connectivity index (χ0v) is 17.3. The smallest absolute Gasteiger partial charge is 0.338 e. The molecule has 2 unspecified atom stereocenters. The lowest BCUT2D eigenvalue weighted by atomic mass is 9.94. The monoisotopic (exact) mass is 417 g/mol. The molecule has 0 bridgehead atoms. The molecular formula is C20H23N3O5S. The molecule has 2 aliphatic heterocycles. The average molecular weight is 417 g/mol. The Balaban J connectivity index is 2.01. The molecule has 0 spiro atoms. The van der Waals surface area contributed by atoms with Crippen LogP contribution in [-0.4, -0.2) is 46.3 Å². The van der Waals surface area contributed by atoms with Crippen LogP contribution in [0.1, 0.15) is 38.8 Å². The average Bonchev–Trinajstić information content (AvgIpc) is 3.01. The second kappa shape index (κ2) is 8.69. The minimum atomic E-state index is -0.636. The second-order valence-corrected chi connectivity index (χ2v) is 7.73. The first-order valence-corrected chi connectivity index (χ1v) is 10.2. The molecular weight excluding hydrogens is 394 g/mol. The van der Waals surface area contributed by atoms with Crippen molar-refractivity contribution in [2.45, 2.75) is 38.5 Å². The summed E-state index contributed by atoms with van der Waals surface area (Å²) in [7, 11) is 0. The van der Waals surface area contributed by atoms with Gasteiger partial charge in [-0.1, -0.05) is 30.8 Å². The van der Waals surface area contributed by atoms with E-state index >= 15 is 0 Å². The van der Waals surface area contributed by atoms with Crippen molar-refractivity contribution in [2.75, 3.05) is 13.2 Å². The van der Waals surface area contributed by atoms with E-state index in [4.69, 9.17) is 15.2 Å². The third-order valence-corrected chi connectivity index (χ3v) is 5.91. The van der Waals surface area contributed by atoms with Gasteiger partial charge in [0.2, 0.25) is 5.91 Å². The summed E-state index contributed by atoms with van der Waals surface area (Å²) in [5, 5.41) is 0.357. The van der Waals surface area contributed by atoms with Crippen LogP contribution in [0.2, 0.25) is 0 Å². The van der Waals surface area contributed by atoms with Gasteiger partial charge in [0, 0.05) is 0 Å². The van der Waals surface area contributed by atoms with Gasteiger partial charge in [-0.25, -0.2) is 9.79 Å².